The van der Waals surface area contributed by atoms with Crippen LogP contribution in [0.15, 0.2) is 0 Å². The van der Waals surface area contributed by atoms with Gasteiger partial charge in [-0.25, -0.2) is 0 Å². The van der Waals surface area contributed by atoms with E-state index in [0.717, 1.165) is 0 Å². The largest absolute Gasteiger partial charge is 0.481 e. The number of hydrogen-bond acceptors (Lipinski definition) is 3. The molecule has 0 radical (unpaired) electrons. The monoisotopic (exact) mass is 157 g/mol. The molecule has 1 saturated heterocycles. The zero-order valence-corrected chi connectivity index (χ0v) is 5.66. The Morgan fingerprint density at radius 3 is 2.64 bits per heavy atom. The van der Waals surface area contributed by atoms with E-state index in [2.05, 4.69) is 0 Å². The molecule has 1 aliphatic heterocycles. The second kappa shape index (κ2) is 2.69. The number of carbonyl (C=O) groups is 3. The highest BCUT2D eigenvalue weighted by atomic mass is 16.4. The van der Waals surface area contributed by atoms with E-state index in [9.17, 15) is 14.4 Å². The zero-order chi connectivity index (χ0) is 8.43. The molecular weight excluding hydrogens is 150 g/mol. The van der Waals surface area contributed by atoms with Crippen molar-refractivity contribution in [2.45, 2.75) is 12.8 Å². The van der Waals surface area contributed by atoms with Crippen molar-refractivity contribution < 1.29 is 19.5 Å². The summed E-state index contributed by atoms with van der Waals surface area (Å²) in [5, 5.41) is 10.3. The summed E-state index contributed by atoms with van der Waals surface area (Å²) in [5.74, 6) is -2.58. The van der Waals surface area contributed by atoms with Gasteiger partial charge in [-0.15, -0.1) is 0 Å². The van der Waals surface area contributed by atoms with Crippen molar-refractivity contribution in [2.24, 2.45) is 5.92 Å². The Balaban J connectivity index is 2.53. The number of hydrogen-bond donors (Lipinski definition) is 2. The molecule has 1 atom stereocenters. The lowest BCUT2D eigenvalue weighted by Gasteiger charge is -1.98. The summed E-state index contributed by atoms with van der Waals surface area (Å²) >= 11 is 0. The first-order valence-electron chi connectivity index (χ1n) is 3.15. The first-order chi connectivity index (χ1) is 5.09. The summed E-state index contributed by atoms with van der Waals surface area (Å²) < 4.78 is 0. The zero-order valence-electron chi connectivity index (χ0n) is 5.66. The summed E-state index contributed by atoms with van der Waals surface area (Å²) in [6.45, 7) is 0. The molecule has 0 unspecified atom stereocenters. The normalized spacial score (nSPS) is 23.5. The van der Waals surface area contributed by atoms with Crippen LogP contribution >= 0.6 is 0 Å². The number of rotatable bonds is 2. The fourth-order valence-corrected chi connectivity index (χ4v) is 0.983. The number of carboxylic acid groups (broad SMARTS) is 1. The minimum Gasteiger partial charge on any atom is -0.481 e. The first kappa shape index (κ1) is 7.71. The van der Waals surface area contributed by atoms with Crippen LogP contribution in [-0.4, -0.2) is 22.9 Å². The molecule has 0 saturated carbocycles. The van der Waals surface area contributed by atoms with Gasteiger partial charge in [-0.1, -0.05) is 0 Å². The molecule has 1 heterocycles. The van der Waals surface area contributed by atoms with Crippen LogP contribution in [-0.2, 0) is 14.4 Å². The highest BCUT2D eigenvalue weighted by molar-refractivity contribution is 6.04. The van der Waals surface area contributed by atoms with E-state index in [4.69, 9.17) is 5.11 Å². The van der Waals surface area contributed by atoms with Gasteiger partial charge in [-0.05, 0) is 0 Å². The van der Waals surface area contributed by atoms with Gasteiger partial charge >= 0.3 is 5.97 Å². The van der Waals surface area contributed by atoms with Crippen molar-refractivity contribution in [2.75, 3.05) is 0 Å². The van der Waals surface area contributed by atoms with E-state index < -0.39 is 17.8 Å². The lowest BCUT2D eigenvalue weighted by Crippen LogP contribution is -2.23. The molecular formula is C6H7NO4. The molecule has 0 bridgehead atoms. The average molecular weight is 157 g/mol. The minimum atomic E-state index is -1.06. The second-order valence-corrected chi connectivity index (χ2v) is 2.41. The van der Waals surface area contributed by atoms with Crippen molar-refractivity contribution in [3.63, 3.8) is 0 Å². The molecule has 0 spiro atoms. The highest BCUT2D eigenvalue weighted by Gasteiger charge is 2.31. The van der Waals surface area contributed by atoms with Crippen molar-refractivity contribution >= 4 is 17.8 Å². The number of nitrogens with one attached hydrogen (secondary N) is 1. The molecule has 1 fully saturated rings. The predicted octanol–water partition coefficient (Wildman–Crippen LogP) is -0.876. The van der Waals surface area contributed by atoms with Gasteiger partial charge in [0.2, 0.25) is 11.8 Å². The average Bonchev–Trinajstić information content (AvgIpc) is 2.09. The van der Waals surface area contributed by atoms with Crippen LogP contribution < -0.4 is 5.32 Å². The third kappa shape index (κ3) is 1.76. The summed E-state index contributed by atoms with van der Waals surface area (Å²) in [7, 11) is 0. The maximum atomic E-state index is 10.7. The molecule has 0 aromatic carbocycles. The van der Waals surface area contributed by atoms with E-state index in [1.807, 2.05) is 5.32 Å². The van der Waals surface area contributed by atoms with E-state index >= 15 is 0 Å². The SMILES string of the molecule is O=C(O)C[C@@H]1CC(=O)NC1=O. The Morgan fingerprint density at radius 2 is 2.27 bits per heavy atom. The number of amides is 2. The molecule has 2 amide bonds. The summed E-state index contributed by atoms with van der Waals surface area (Å²) in [4.78, 5) is 31.4. The van der Waals surface area contributed by atoms with Crippen LogP contribution in [0.25, 0.3) is 0 Å². The maximum absolute atomic E-state index is 10.7. The van der Waals surface area contributed by atoms with Gasteiger partial charge in [0.25, 0.3) is 0 Å². The van der Waals surface area contributed by atoms with E-state index in [0.29, 0.717) is 0 Å². The molecule has 11 heavy (non-hydrogen) atoms. The van der Waals surface area contributed by atoms with Gasteiger partial charge < -0.3 is 5.11 Å². The van der Waals surface area contributed by atoms with Crippen LogP contribution in [0.5, 0.6) is 0 Å². The number of carbonyl (C=O) groups excluding carboxylic acids is 2. The molecule has 5 heteroatoms. The second-order valence-electron chi connectivity index (χ2n) is 2.41. The Labute approximate surface area is 62.4 Å². The fourth-order valence-electron chi connectivity index (χ4n) is 0.983. The van der Waals surface area contributed by atoms with Crippen LogP contribution in [0.3, 0.4) is 0 Å². The van der Waals surface area contributed by atoms with Crippen LogP contribution in [0.1, 0.15) is 12.8 Å². The standard InChI is InChI=1S/C6H7NO4/c8-4-1-3(2-5(9)10)6(11)7-4/h3H,1-2H2,(H,9,10)(H,7,8,11)/t3-/m0/s1. The number of aliphatic carboxylic acids is 1. The van der Waals surface area contributed by atoms with E-state index in [-0.39, 0.29) is 18.7 Å². The quantitative estimate of drug-likeness (QED) is 0.510. The third-order valence-electron chi connectivity index (χ3n) is 1.49. The molecule has 1 aliphatic rings. The highest BCUT2D eigenvalue weighted by Crippen LogP contribution is 2.14. The van der Waals surface area contributed by atoms with Gasteiger partial charge in [0.15, 0.2) is 0 Å². The molecule has 0 aromatic heterocycles. The molecule has 1 rings (SSSR count). The van der Waals surface area contributed by atoms with Crippen molar-refractivity contribution in [1.29, 1.82) is 0 Å². The van der Waals surface area contributed by atoms with Crippen molar-refractivity contribution in [3.05, 3.63) is 0 Å². The lowest BCUT2D eigenvalue weighted by atomic mass is 10.0. The van der Waals surface area contributed by atoms with Gasteiger partial charge in [-0.2, -0.15) is 0 Å². The fraction of sp³-hybridized carbons (Fsp3) is 0.500. The topological polar surface area (TPSA) is 83.5 Å². The number of imide groups is 1. The summed E-state index contributed by atoms with van der Waals surface area (Å²) in [6, 6.07) is 0. The van der Waals surface area contributed by atoms with Crippen LogP contribution in [0, 0.1) is 5.92 Å². The van der Waals surface area contributed by atoms with Crippen molar-refractivity contribution in [1.82, 2.24) is 5.32 Å². The minimum absolute atomic E-state index is 0.00509. The first-order valence-corrected chi connectivity index (χ1v) is 3.15. The smallest absolute Gasteiger partial charge is 0.304 e. The molecule has 60 valence electrons. The third-order valence-corrected chi connectivity index (χ3v) is 1.49. The summed E-state index contributed by atoms with van der Waals surface area (Å²) in [5.41, 5.74) is 0. The van der Waals surface area contributed by atoms with Gasteiger partial charge in [0, 0.05) is 6.42 Å². The van der Waals surface area contributed by atoms with Gasteiger partial charge in [0.05, 0.1) is 12.3 Å². The van der Waals surface area contributed by atoms with E-state index in [1.54, 1.807) is 0 Å². The Kier molecular flexibility index (Phi) is 1.89. The van der Waals surface area contributed by atoms with Gasteiger partial charge in [0.1, 0.15) is 0 Å². The van der Waals surface area contributed by atoms with Gasteiger partial charge in [-0.3, -0.25) is 19.7 Å². The molecule has 0 aromatic rings. The summed E-state index contributed by atoms with van der Waals surface area (Å²) in [6.07, 6.45) is -0.261. The number of carboxylic acids is 1. The molecule has 2 N–H and O–H groups in total. The Bertz CT molecular complexity index is 223. The Hall–Kier alpha value is -1.39. The van der Waals surface area contributed by atoms with Crippen molar-refractivity contribution in [3.8, 4) is 0 Å². The maximum Gasteiger partial charge on any atom is 0.304 e. The molecule has 0 aliphatic carbocycles. The lowest BCUT2D eigenvalue weighted by molar-refractivity contribution is -0.140. The molecule has 5 nitrogen and oxygen atoms in total. The predicted molar refractivity (Wildman–Crippen MR) is 33.5 cm³/mol. The van der Waals surface area contributed by atoms with Crippen LogP contribution in [0.4, 0.5) is 0 Å². The Morgan fingerprint density at radius 1 is 1.64 bits per heavy atom. The van der Waals surface area contributed by atoms with Crippen LogP contribution in [0.2, 0.25) is 0 Å². The van der Waals surface area contributed by atoms with E-state index in [1.165, 1.54) is 0 Å².